The maximum atomic E-state index is 12.6. The van der Waals surface area contributed by atoms with Crippen LogP contribution in [0.15, 0.2) is 34.4 Å². The average Bonchev–Trinajstić information content (AvgIpc) is 2.77. The highest BCUT2D eigenvalue weighted by atomic mass is 79.9. The van der Waals surface area contributed by atoms with Crippen molar-refractivity contribution in [2.24, 2.45) is 0 Å². The lowest BCUT2D eigenvalue weighted by Crippen LogP contribution is -2.39. The minimum absolute atomic E-state index is 0.196. The van der Waals surface area contributed by atoms with Crippen LogP contribution in [0.4, 0.5) is 0 Å². The second-order valence-corrected chi connectivity index (χ2v) is 6.78. The first-order chi connectivity index (χ1) is 11.1. The summed E-state index contributed by atoms with van der Waals surface area (Å²) in [4.78, 5) is 24.0. The third kappa shape index (κ3) is 5.82. The summed E-state index contributed by atoms with van der Waals surface area (Å²) in [5.74, 6) is -0.470. The van der Waals surface area contributed by atoms with Crippen LogP contribution in [-0.2, 0) is 9.59 Å². The molecule has 124 valence electrons. The Kier molecular flexibility index (Phi) is 6.84. The SMILES string of the molecule is CC(=O)N/C(=C/c1ccccc1Br)C(=O)NC1CCCCCC1. The molecule has 0 bridgehead atoms. The smallest absolute Gasteiger partial charge is 0.268 e. The molecule has 0 saturated heterocycles. The molecule has 0 atom stereocenters. The number of amides is 2. The monoisotopic (exact) mass is 378 g/mol. The van der Waals surface area contributed by atoms with E-state index in [1.165, 1.54) is 19.8 Å². The Morgan fingerprint density at radius 3 is 2.39 bits per heavy atom. The predicted octanol–water partition coefficient (Wildman–Crippen LogP) is 3.77. The molecule has 1 aliphatic carbocycles. The molecule has 1 aromatic carbocycles. The molecule has 0 aromatic heterocycles. The Labute approximate surface area is 145 Å². The molecular formula is C18H23BrN2O2. The number of rotatable bonds is 4. The highest BCUT2D eigenvalue weighted by Gasteiger charge is 2.18. The zero-order valence-electron chi connectivity index (χ0n) is 13.4. The van der Waals surface area contributed by atoms with E-state index in [1.807, 2.05) is 24.3 Å². The van der Waals surface area contributed by atoms with Crippen molar-refractivity contribution in [2.75, 3.05) is 0 Å². The maximum Gasteiger partial charge on any atom is 0.268 e. The lowest BCUT2D eigenvalue weighted by atomic mass is 10.1. The van der Waals surface area contributed by atoms with Crippen LogP contribution in [0.3, 0.4) is 0 Å². The summed E-state index contributed by atoms with van der Waals surface area (Å²) in [6.45, 7) is 1.41. The van der Waals surface area contributed by atoms with Crippen molar-refractivity contribution in [1.82, 2.24) is 10.6 Å². The largest absolute Gasteiger partial charge is 0.348 e. The fourth-order valence-corrected chi connectivity index (χ4v) is 3.18. The first kappa shape index (κ1) is 17.7. The van der Waals surface area contributed by atoms with Crippen molar-refractivity contribution in [2.45, 2.75) is 51.5 Å². The number of hydrogen-bond acceptors (Lipinski definition) is 2. The number of nitrogens with one attached hydrogen (secondary N) is 2. The first-order valence-electron chi connectivity index (χ1n) is 8.11. The molecule has 1 aromatic rings. The number of carbonyl (C=O) groups excluding carboxylic acids is 2. The van der Waals surface area contributed by atoms with Gasteiger partial charge in [0.25, 0.3) is 5.91 Å². The van der Waals surface area contributed by atoms with Gasteiger partial charge in [-0.2, -0.15) is 0 Å². The van der Waals surface area contributed by atoms with Crippen molar-refractivity contribution in [1.29, 1.82) is 0 Å². The fraction of sp³-hybridized carbons (Fsp3) is 0.444. The summed E-state index contributed by atoms with van der Waals surface area (Å²) < 4.78 is 0.880. The van der Waals surface area contributed by atoms with Crippen molar-refractivity contribution < 1.29 is 9.59 Å². The number of halogens is 1. The average molecular weight is 379 g/mol. The molecule has 2 N–H and O–H groups in total. The molecule has 23 heavy (non-hydrogen) atoms. The van der Waals surface area contributed by atoms with E-state index in [1.54, 1.807) is 6.08 Å². The molecule has 0 heterocycles. The van der Waals surface area contributed by atoms with Crippen LogP contribution in [0.25, 0.3) is 6.08 Å². The Morgan fingerprint density at radius 2 is 1.78 bits per heavy atom. The van der Waals surface area contributed by atoms with E-state index in [-0.39, 0.29) is 23.6 Å². The van der Waals surface area contributed by atoms with E-state index >= 15 is 0 Å². The Bertz CT molecular complexity index is 590. The van der Waals surface area contributed by atoms with Crippen molar-refractivity contribution in [3.8, 4) is 0 Å². The van der Waals surface area contributed by atoms with Gasteiger partial charge in [-0.25, -0.2) is 0 Å². The molecule has 2 rings (SSSR count). The van der Waals surface area contributed by atoms with Gasteiger partial charge in [-0.05, 0) is 30.5 Å². The van der Waals surface area contributed by atoms with E-state index in [4.69, 9.17) is 0 Å². The maximum absolute atomic E-state index is 12.6. The molecule has 1 saturated carbocycles. The van der Waals surface area contributed by atoms with Crippen LogP contribution in [0, 0.1) is 0 Å². The quantitative estimate of drug-likeness (QED) is 0.618. The second kappa shape index (κ2) is 8.87. The Morgan fingerprint density at radius 1 is 1.13 bits per heavy atom. The van der Waals surface area contributed by atoms with Gasteiger partial charge in [0.05, 0.1) is 0 Å². The third-order valence-electron chi connectivity index (χ3n) is 3.95. The number of carbonyl (C=O) groups is 2. The van der Waals surface area contributed by atoms with E-state index in [0.29, 0.717) is 0 Å². The minimum atomic E-state index is -0.251. The summed E-state index contributed by atoms with van der Waals surface area (Å²) in [6, 6.07) is 7.79. The molecule has 0 unspecified atom stereocenters. The van der Waals surface area contributed by atoms with Gasteiger partial charge < -0.3 is 10.6 Å². The summed E-state index contributed by atoms with van der Waals surface area (Å²) >= 11 is 3.46. The van der Waals surface area contributed by atoms with Gasteiger partial charge in [0.15, 0.2) is 0 Å². The van der Waals surface area contributed by atoms with Crippen LogP contribution in [0.5, 0.6) is 0 Å². The topological polar surface area (TPSA) is 58.2 Å². The molecule has 4 nitrogen and oxygen atoms in total. The van der Waals surface area contributed by atoms with Gasteiger partial charge in [-0.3, -0.25) is 9.59 Å². The Balaban J connectivity index is 2.15. The zero-order chi connectivity index (χ0) is 16.7. The zero-order valence-corrected chi connectivity index (χ0v) is 15.0. The second-order valence-electron chi connectivity index (χ2n) is 5.92. The summed E-state index contributed by atoms with van der Waals surface area (Å²) in [5.41, 5.74) is 1.14. The molecule has 0 radical (unpaired) electrons. The van der Waals surface area contributed by atoms with E-state index in [9.17, 15) is 9.59 Å². The van der Waals surface area contributed by atoms with Crippen molar-refractivity contribution in [3.63, 3.8) is 0 Å². The van der Waals surface area contributed by atoms with Gasteiger partial charge in [-0.15, -0.1) is 0 Å². The number of benzene rings is 1. The van der Waals surface area contributed by atoms with E-state index in [0.717, 1.165) is 35.7 Å². The fourth-order valence-electron chi connectivity index (χ4n) is 2.78. The van der Waals surface area contributed by atoms with Gasteiger partial charge in [0.1, 0.15) is 5.70 Å². The van der Waals surface area contributed by atoms with E-state index < -0.39 is 0 Å². The van der Waals surface area contributed by atoms with Crippen molar-refractivity contribution in [3.05, 3.63) is 40.0 Å². The molecular weight excluding hydrogens is 356 g/mol. The summed E-state index contributed by atoms with van der Waals surface area (Å²) in [6.07, 6.45) is 8.48. The lowest BCUT2D eigenvalue weighted by Gasteiger charge is -2.18. The third-order valence-corrected chi connectivity index (χ3v) is 4.67. The molecule has 2 amide bonds. The predicted molar refractivity (Wildman–Crippen MR) is 95.6 cm³/mol. The van der Waals surface area contributed by atoms with Crippen LogP contribution >= 0.6 is 15.9 Å². The lowest BCUT2D eigenvalue weighted by molar-refractivity contribution is -0.122. The van der Waals surface area contributed by atoms with Gasteiger partial charge in [0, 0.05) is 17.4 Å². The molecule has 0 spiro atoms. The van der Waals surface area contributed by atoms with E-state index in [2.05, 4.69) is 26.6 Å². The van der Waals surface area contributed by atoms with Gasteiger partial charge in [-0.1, -0.05) is 59.8 Å². The molecule has 1 aliphatic rings. The Hall–Kier alpha value is -1.62. The van der Waals surface area contributed by atoms with Crippen LogP contribution < -0.4 is 10.6 Å². The van der Waals surface area contributed by atoms with Crippen LogP contribution in [-0.4, -0.2) is 17.9 Å². The molecule has 1 fully saturated rings. The minimum Gasteiger partial charge on any atom is -0.348 e. The summed E-state index contributed by atoms with van der Waals surface area (Å²) in [7, 11) is 0. The van der Waals surface area contributed by atoms with Crippen LogP contribution in [0.1, 0.15) is 51.0 Å². The molecule has 0 aliphatic heterocycles. The first-order valence-corrected chi connectivity index (χ1v) is 8.90. The van der Waals surface area contributed by atoms with Gasteiger partial charge in [0.2, 0.25) is 5.91 Å². The standard InChI is InChI=1S/C18H23BrN2O2/c1-13(22)20-17(12-14-8-6-7-11-16(14)19)18(23)21-15-9-4-2-3-5-10-15/h6-8,11-12,15H,2-5,9-10H2,1H3,(H,20,22)(H,21,23)/b17-12+. The highest BCUT2D eigenvalue weighted by molar-refractivity contribution is 9.10. The van der Waals surface area contributed by atoms with Gasteiger partial charge >= 0.3 is 0 Å². The summed E-state index contributed by atoms with van der Waals surface area (Å²) in [5, 5.41) is 5.72. The number of hydrogen-bond donors (Lipinski definition) is 2. The van der Waals surface area contributed by atoms with Crippen molar-refractivity contribution >= 4 is 33.8 Å². The van der Waals surface area contributed by atoms with Crippen LogP contribution in [0.2, 0.25) is 0 Å². The molecule has 5 heteroatoms. The normalized spacial score (nSPS) is 16.5. The highest BCUT2D eigenvalue weighted by Crippen LogP contribution is 2.20.